The number of halogens is 1. The molecule has 0 unspecified atom stereocenters. The zero-order valence-corrected chi connectivity index (χ0v) is 29.3. The molecule has 1 aromatic heterocycles. The van der Waals surface area contributed by atoms with Gasteiger partial charge < -0.3 is 9.47 Å². The lowest BCUT2D eigenvalue weighted by molar-refractivity contribution is 0.461. The van der Waals surface area contributed by atoms with Gasteiger partial charge in [-0.2, -0.15) is 0 Å². The van der Waals surface area contributed by atoms with Gasteiger partial charge in [0, 0.05) is 27.7 Å². The van der Waals surface area contributed by atoms with Crippen LogP contribution in [-0.4, -0.2) is 4.98 Å². The van der Waals surface area contributed by atoms with Crippen LogP contribution in [0.15, 0.2) is 126 Å². The van der Waals surface area contributed by atoms with Crippen molar-refractivity contribution in [1.82, 2.24) is 4.98 Å². The van der Waals surface area contributed by atoms with Gasteiger partial charge in [0.15, 0.2) is 0 Å². The van der Waals surface area contributed by atoms with Gasteiger partial charge in [0.2, 0.25) is 0 Å². The Hall–Kier alpha value is -4.85. The number of nitrogens with zero attached hydrogens (tertiary/aromatic N) is 1. The predicted molar refractivity (Wildman–Crippen MR) is 196 cm³/mol. The Morgan fingerprint density at radius 1 is 0.511 bits per heavy atom. The molecule has 6 aromatic rings. The fourth-order valence-corrected chi connectivity index (χ4v) is 5.53. The van der Waals surface area contributed by atoms with Gasteiger partial charge in [-0.05, 0) is 93.7 Å². The maximum atomic E-state index is 6.34. The van der Waals surface area contributed by atoms with Crippen molar-refractivity contribution in [2.45, 2.75) is 52.4 Å². The Bertz CT molecular complexity index is 1900. The molecule has 0 bridgehead atoms. The molecule has 0 atom stereocenters. The summed E-state index contributed by atoms with van der Waals surface area (Å²) in [5, 5.41) is 0. The van der Waals surface area contributed by atoms with Crippen LogP contribution in [0.25, 0.3) is 33.6 Å². The minimum atomic E-state index is -0.0115. The van der Waals surface area contributed by atoms with E-state index in [1.54, 1.807) is 12.1 Å². The molecule has 0 aliphatic rings. The molecule has 234 valence electrons. The van der Waals surface area contributed by atoms with E-state index in [0.717, 1.165) is 43.9 Å². The van der Waals surface area contributed by atoms with Crippen LogP contribution >= 0.6 is 15.9 Å². The zero-order valence-electron chi connectivity index (χ0n) is 27.7. The largest absolute Gasteiger partial charge is 0.457 e. The molecule has 4 heteroatoms. The molecule has 3 nitrogen and oxygen atoms in total. The fourth-order valence-electron chi connectivity index (χ4n) is 5.27. The Labute approximate surface area is 287 Å². The maximum absolute atomic E-state index is 6.34. The van der Waals surface area contributed by atoms with E-state index in [1.165, 1.54) is 11.1 Å². The van der Waals surface area contributed by atoms with E-state index in [-0.39, 0.29) is 10.8 Å². The standard InChI is InChI=1S/C43H38BrNO2/c1-42(2,3)33-21-30(22-34(27-33)43(4,5)6)31-25-40(29-17-19-35(44)20-18-29)45-41(26-31)32-23-38(46-36-13-9-7-10-14-36)28-39(24-32)47-37-15-11-8-12-16-37/h7,9-11,13-28H,1-6H3. The van der Waals surface area contributed by atoms with E-state index >= 15 is 0 Å². The number of hydrogen-bond acceptors (Lipinski definition) is 3. The van der Waals surface area contributed by atoms with Crippen LogP contribution in [-0.2, 0) is 10.8 Å². The summed E-state index contributed by atoms with van der Waals surface area (Å²) >= 11 is 3.59. The molecule has 0 saturated heterocycles. The zero-order chi connectivity index (χ0) is 33.2. The Morgan fingerprint density at radius 2 is 1.09 bits per heavy atom. The first-order valence-corrected chi connectivity index (χ1v) is 16.6. The van der Waals surface area contributed by atoms with E-state index in [9.17, 15) is 0 Å². The molecular formula is C43H38BrNO2. The summed E-state index contributed by atoms with van der Waals surface area (Å²) in [5.41, 5.74) is 8.44. The highest BCUT2D eigenvalue weighted by molar-refractivity contribution is 9.10. The molecule has 0 aliphatic heterocycles. The van der Waals surface area contributed by atoms with Crippen LogP contribution in [0.2, 0.25) is 0 Å². The summed E-state index contributed by atoms with van der Waals surface area (Å²) in [6.07, 6.45) is 0. The summed E-state index contributed by atoms with van der Waals surface area (Å²) < 4.78 is 13.7. The summed E-state index contributed by atoms with van der Waals surface area (Å²) in [4.78, 5) is 5.23. The summed E-state index contributed by atoms with van der Waals surface area (Å²) in [5.74, 6) is 2.69. The molecule has 0 saturated carbocycles. The second-order valence-electron chi connectivity index (χ2n) is 13.8. The molecule has 0 amide bonds. The Kier molecular flexibility index (Phi) is 8.95. The first kappa shape index (κ1) is 32.1. The van der Waals surface area contributed by atoms with Gasteiger partial charge in [0.1, 0.15) is 23.0 Å². The van der Waals surface area contributed by atoms with Crippen molar-refractivity contribution in [3.05, 3.63) is 149 Å². The van der Waals surface area contributed by atoms with Crippen molar-refractivity contribution >= 4 is 15.9 Å². The summed E-state index contributed by atoms with van der Waals surface area (Å²) in [7, 11) is 0. The number of rotatable bonds is 7. The van der Waals surface area contributed by atoms with E-state index in [2.05, 4.69) is 124 Å². The monoisotopic (exact) mass is 679 g/mol. The van der Waals surface area contributed by atoms with Gasteiger partial charge in [-0.3, -0.25) is 0 Å². The van der Waals surface area contributed by atoms with Crippen LogP contribution in [0.3, 0.4) is 0 Å². The summed E-state index contributed by atoms with van der Waals surface area (Å²) in [6, 6.07) is 46.7. The van der Waals surface area contributed by atoms with E-state index in [0.29, 0.717) is 17.2 Å². The third-order valence-electron chi connectivity index (χ3n) is 7.98. The SMILES string of the molecule is CC(C)(C)c1cc(-c2cc(-c3ccc(Br)cc3)nc(-c3cc(Oc4cc#ccc4)cc(Oc4ccccc4)c3)c2)cc(C(C)(C)C)c1. The third-order valence-corrected chi connectivity index (χ3v) is 8.51. The minimum Gasteiger partial charge on any atom is -0.457 e. The number of benzene rings is 4. The fraction of sp³-hybridized carbons (Fsp3) is 0.186. The van der Waals surface area contributed by atoms with Gasteiger partial charge in [-0.15, -0.1) is 0 Å². The topological polar surface area (TPSA) is 31.4 Å². The molecule has 0 aliphatic carbocycles. The minimum absolute atomic E-state index is 0.0115. The highest BCUT2D eigenvalue weighted by atomic mass is 79.9. The molecule has 0 fully saturated rings. The lowest BCUT2D eigenvalue weighted by atomic mass is 9.79. The Balaban J connectivity index is 1.55. The molecule has 47 heavy (non-hydrogen) atoms. The van der Waals surface area contributed by atoms with Crippen LogP contribution in [0, 0.1) is 12.1 Å². The summed E-state index contributed by atoms with van der Waals surface area (Å²) in [6.45, 7) is 13.6. The number of aromatic nitrogens is 1. The van der Waals surface area contributed by atoms with Crippen LogP contribution in [0.4, 0.5) is 0 Å². The van der Waals surface area contributed by atoms with Crippen molar-refractivity contribution in [2.75, 3.05) is 0 Å². The van der Waals surface area contributed by atoms with Crippen molar-refractivity contribution in [1.29, 1.82) is 0 Å². The average molecular weight is 681 g/mol. The van der Waals surface area contributed by atoms with Crippen molar-refractivity contribution in [2.24, 2.45) is 0 Å². The number of pyridine rings is 1. The first-order valence-electron chi connectivity index (χ1n) is 15.8. The maximum Gasteiger partial charge on any atom is 0.136 e. The average Bonchev–Trinajstić information content (AvgIpc) is 3.05. The number of hydrogen-bond donors (Lipinski definition) is 0. The number of para-hydroxylation sites is 1. The lowest BCUT2D eigenvalue weighted by Gasteiger charge is -2.26. The second kappa shape index (κ2) is 13.1. The molecular weight excluding hydrogens is 642 g/mol. The van der Waals surface area contributed by atoms with Crippen LogP contribution < -0.4 is 9.47 Å². The third kappa shape index (κ3) is 7.94. The van der Waals surface area contributed by atoms with Crippen molar-refractivity contribution < 1.29 is 9.47 Å². The van der Waals surface area contributed by atoms with Crippen LogP contribution in [0.1, 0.15) is 52.7 Å². The van der Waals surface area contributed by atoms with Crippen molar-refractivity contribution in [3.63, 3.8) is 0 Å². The smallest absolute Gasteiger partial charge is 0.136 e. The molecule has 5 aromatic carbocycles. The molecule has 1 heterocycles. The quantitative estimate of drug-likeness (QED) is 0.168. The van der Waals surface area contributed by atoms with Gasteiger partial charge in [-0.25, -0.2) is 4.98 Å². The first-order chi connectivity index (χ1) is 22.4. The molecule has 0 spiro atoms. The molecule has 6 rings (SSSR count). The van der Waals surface area contributed by atoms with Gasteiger partial charge in [-0.1, -0.05) is 118 Å². The Morgan fingerprint density at radius 3 is 1.66 bits per heavy atom. The molecule has 0 radical (unpaired) electrons. The predicted octanol–water partition coefficient (Wildman–Crippen LogP) is 12.6. The highest BCUT2D eigenvalue weighted by Crippen LogP contribution is 2.39. The lowest BCUT2D eigenvalue weighted by Crippen LogP contribution is -2.16. The van der Waals surface area contributed by atoms with Crippen LogP contribution in [0.5, 0.6) is 23.0 Å². The normalized spacial score (nSPS) is 11.6. The molecule has 0 N–H and O–H groups in total. The van der Waals surface area contributed by atoms with E-state index < -0.39 is 0 Å². The van der Waals surface area contributed by atoms with Gasteiger partial charge in [0.25, 0.3) is 0 Å². The van der Waals surface area contributed by atoms with E-state index in [4.69, 9.17) is 14.5 Å². The van der Waals surface area contributed by atoms with Crippen molar-refractivity contribution in [3.8, 4) is 56.6 Å². The second-order valence-corrected chi connectivity index (χ2v) is 14.7. The van der Waals surface area contributed by atoms with Gasteiger partial charge in [0.05, 0.1) is 11.4 Å². The van der Waals surface area contributed by atoms with Gasteiger partial charge >= 0.3 is 0 Å². The van der Waals surface area contributed by atoms with E-state index in [1.807, 2.05) is 54.6 Å². The number of ether oxygens (including phenoxy) is 2. The highest BCUT2D eigenvalue weighted by Gasteiger charge is 2.22.